The molecule has 3 fully saturated rings. The summed E-state index contributed by atoms with van der Waals surface area (Å²) < 4.78 is 0. The molecule has 1 aromatic carbocycles. The van der Waals surface area contributed by atoms with Crippen LogP contribution in [0.3, 0.4) is 0 Å². The molecule has 4 rings (SSSR count). The molecule has 0 radical (unpaired) electrons. The van der Waals surface area contributed by atoms with E-state index in [0.29, 0.717) is 6.04 Å². The summed E-state index contributed by atoms with van der Waals surface area (Å²) in [5.74, 6) is 0. The van der Waals surface area contributed by atoms with Crippen LogP contribution in [0.5, 0.6) is 0 Å². The average Bonchev–Trinajstić information content (AvgIpc) is 3.35. The van der Waals surface area contributed by atoms with Crippen molar-refractivity contribution in [1.29, 1.82) is 0 Å². The molecule has 2 saturated heterocycles. The second kappa shape index (κ2) is 6.64. The number of benzene rings is 1. The second-order valence-corrected chi connectivity index (χ2v) is 8.52. The lowest BCUT2D eigenvalue weighted by Crippen LogP contribution is -3.22. The van der Waals surface area contributed by atoms with Crippen LogP contribution in [-0.4, -0.2) is 29.3 Å². The molecule has 0 amide bonds. The molecule has 3 N–H and O–H groups in total. The molecule has 3 aliphatic rings. The quantitative estimate of drug-likeness (QED) is 0.737. The number of quaternary nitrogens is 1. The summed E-state index contributed by atoms with van der Waals surface area (Å²) in [6.07, 6.45) is 9.77. The van der Waals surface area contributed by atoms with Gasteiger partial charge in [-0.2, -0.15) is 0 Å². The third-order valence-electron chi connectivity index (χ3n) is 6.42. The van der Waals surface area contributed by atoms with Gasteiger partial charge in [0.05, 0.1) is 18.1 Å². The van der Waals surface area contributed by atoms with E-state index in [9.17, 15) is 0 Å². The van der Waals surface area contributed by atoms with E-state index < -0.39 is 0 Å². The van der Waals surface area contributed by atoms with Crippen molar-refractivity contribution in [3.8, 4) is 0 Å². The Balaban J connectivity index is 1.37. The van der Waals surface area contributed by atoms with Crippen LogP contribution >= 0.6 is 12.2 Å². The summed E-state index contributed by atoms with van der Waals surface area (Å²) >= 11 is 5.62. The Labute approximate surface area is 151 Å². The Morgan fingerprint density at radius 2 is 1.75 bits per heavy atom. The number of fused-ring (bicyclic) bond motifs is 2. The number of hydrogen-bond donors (Lipinski definition) is 3. The number of hydrogen-bond acceptors (Lipinski definition) is 1. The van der Waals surface area contributed by atoms with Gasteiger partial charge in [-0.05, 0) is 62.5 Å². The monoisotopic (exact) mass is 344 g/mol. The van der Waals surface area contributed by atoms with Gasteiger partial charge in [-0.1, -0.05) is 12.1 Å². The van der Waals surface area contributed by atoms with Gasteiger partial charge in [-0.15, -0.1) is 0 Å². The van der Waals surface area contributed by atoms with Crippen molar-refractivity contribution in [2.75, 3.05) is 5.32 Å². The van der Waals surface area contributed by atoms with Gasteiger partial charge in [0.25, 0.3) is 0 Å². The first-order valence-corrected chi connectivity index (χ1v) is 10.0. The van der Waals surface area contributed by atoms with E-state index in [1.165, 1.54) is 56.1 Å². The zero-order valence-corrected chi connectivity index (χ0v) is 15.7. The third-order valence-corrected chi connectivity index (χ3v) is 6.64. The first-order valence-electron chi connectivity index (χ1n) is 9.62. The fraction of sp³-hybridized carbons (Fsp3) is 0.650. The predicted molar refractivity (Wildman–Crippen MR) is 104 cm³/mol. The second-order valence-electron chi connectivity index (χ2n) is 8.11. The molecular weight excluding hydrogens is 314 g/mol. The molecule has 0 aromatic heterocycles. The maximum absolute atomic E-state index is 5.62. The van der Waals surface area contributed by atoms with Gasteiger partial charge >= 0.3 is 0 Å². The topological polar surface area (TPSA) is 28.5 Å². The summed E-state index contributed by atoms with van der Waals surface area (Å²) in [6.45, 7) is 4.30. The number of rotatable bonds is 3. The molecule has 2 aliphatic heterocycles. The number of anilines is 1. The van der Waals surface area contributed by atoms with Crippen molar-refractivity contribution >= 4 is 23.0 Å². The summed E-state index contributed by atoms with van der Waals surface area (Å²) in [5.41, 5.74) is 3.72. The Kier molecular flexibility index (Phi) is 4.52. The first-order chi connectivity index (χ1) is 11.6. The molecule has 4 heteroatoms. The minimum Gasteiger partial charge on any atom is -0.359 e. The fourth-order valence-corrected chi connectivity index (χ4v) is 5.28. The standard InChI is InChI=1S/C20H29N3S/c1-13-5-3-8-19(14(13)2)22-20(24)21-15-11-17-6-4-7-18(12-15)23(17)16-9-10-16/h3,5,8,15-18H,4,6-7,9-12H2,1-2H3,(H2,21,22,24)/p+1/t17-,18-/m1/s1. The SMILES string of the molecule is Cc1cccc(NC(=S)NC2C[C@H]3CCC[C@H](C2)[NH+]3C2CC2)c1C. The molecule has 1 aromatic rings. The Hall–Kier alpha value is -1.13. The minimum atomic E-state index is 0.549. The van der Waals surface area contributed by atoms with E-state index in [1.54, 1.807) is 0 Å². The van der Waals surface area contributed by atoms with Gasteiger partial charge in [0.2, 0.25) is 0 Å². The van der Waals surface area contributed by atoms with Crippen molar-refractivity contribution in [3.63, 3.8) is 0 Å². The largest absolute Gasteiger partial charge is 0.359 e. The van der Waals surface area contributed by atoms with Gasteiger partial charge in [0.1, 0.15) is 0 Å². The number of piperidine rings is 2. The summed E-state index contributed by atoms with van der Waals surface area (Å²) in [7, 11) is 0. The first kappa shape index (κ1) is 16.3. The highest BCUT2D eigenvalue weighted by atomic mass is 32.1. The smallest absolute Gasteiger partial charge is 0.171 e. The minimum absolute atomic E-state index is 0.549. The molecule has 1 saturated carbocycles. The van der Waals surface area contributed by atoms with Crippen LogP contribution in [-0.2, 0) is 0 Å². The highest BCUT2D eigenvalue weighted by molar-refractivity contribution is 7.80. The van der Waals surface area contributed by atoms with E-state index in [0.717, 1.165) is 28.9 Å². The maximum Gasteiger partial charge on any atom is 0.171 e. The molecule has 130 valence electrons. The predicted octanol–water partition coefficient (Wildman–Crippen LogP) is 2.72. The molecule has 2 bridgehead atoms. The van der Waals surface area contributed by atoms with Crippen molar-refractivity contribution < 1.29 is 4.90 Å². The average molecular weight is 345 g/mol. The van der Waals surface area contributed by atoms with E-state index in [2.05, 4.69) is 42.7 Å². The van der Waals surface area contributed by atoms with Crippen molar-refractivity contribution in [2.45, 2.75) is 83.0 Å². The molecule has 24 heavy (non-hydrogen) atoms. The summed E-state index contributed by atoms with van der Waals surface area (Å²) in [6, 6.07) is 9.63. The van der Waals surface area contributed by atoms with Gasteiger partial charge < -0.3 is 15.5 Å². The molecule has 3 nitrogen and oxygen atoms in total. The molecule has 2 heterocycles. The highest BCUT2D eigenvalue weighted by Gasteiger charge is 2.48. The Bertz CT molecular complexity index is 611. The molecular formula is C20H30N3S+. The van der Waals surface area contributed by atoms with Crippen LogP contribution in [0.25, 0.3) is 0 Å². The van der Waals surface area contributed by atoms with Crippen molar-refractivity contribution in [2.24, 2.45) is 0 Å². The molecule has 0 unspecified atom stereocenters. The van der Waals surface area contributed by atoms with Gasteiger partial charge in [0, 0.05) is 37.4 Å². The summed E-state index contributed by atoms with van der Waals surface area (Å²) in [5, 5.41) is 7.85. The highest BCUT2D eigenvalue weighted by Crippen LogP contribution is 2.27. The number of thiocarbonyl (C=S) groups is 1. The summed E-state index contributed by atoms with van der Waals surface area (Å²) in [4.78, 5) is 1.95. The van der Waals surface area contributed by atoms with Gasteiger partial charge in [-0.25, -0.2) is 0 Å². The van der Waals surface area contributed by atoms with Crippen LogP contribution in [0, 0.1) is 13.8 Å². The third kappa shape index (κ3) is 3.31. The fourth-order valence-electron chi connectivity index (χ4n) is 5.00. The van der Waals surface area contributed by atoms with Crippen LogP contribution in [0.2, 0.25) is 0 Å². The normalized spacial score (nSPS) is 32.2. The van der Waals surface area contributed by atoms with E-state index >= 15 is 0 Å². The van der Waals surface area contributed by atoms with E-state index in [1.807, 2.05) is 4.90 Å². The number of aryl methyl sites for hydroxylation is 1. The lowest BCUT2D eigenvalue weighted by atomic mass is 9.81. The maximum atomic E-state index is 5.62. The molecule has 0 spiro atoms. The van der Waals surface area contributed by atoms with Crippen LogP contribution in [0.15, 0.2) is 18.2 Å². The van der Waals surface area contributed by atoms with Crippen LogP contribution in [0.1, 0.15) is 56.1 Å². The lowest BCUT2D eigenvalue weighted by molar-refractivity contribution is -0.971. The molecule has 2 atom stereocenters. The number of nitrogens with one attached hydrogen (secondary N) is 3. The van der Waals surface area contributed by atoms with Crippen molar-refractivity contribution in [1.82, 2.24) is 5.32 Å². The Morgan fingerprint density at radius 1 is 1.04 bits per heavy atom. The van der Waals surface area contributed by atoms with Gasteiger partial charge in [0.15, 0.2) is 5.11 Å². The van der Waals surface area contributed by atoms with E-state index in [4.69, 9.17) is 12.2 Å². The zero-order valence-electron chi connectivity index (χ0n) is 14.9. The zero-order chi connectivity index (χ0) is 16.7. The van der Waals surface area contributed by atoms with Crippen molar-refractivity contribution in [3.05, 3.63) is 29.3 Å². The Morgan fingerprint density at radius 3 is 2.42 bits per heavy atom. The van der Waals surface area contributed by atoms with Crippen LogP contribution < -0.4 is 15.5 Å². The lowest BCUT2D eigenvalue weighted by Gasteiger charge is -2.46. The van der Waals surface area contributed by atoms with Gasteiger partial charge in [-0.3, -0.25) is 0 Å². The molecule has 1 aliphatic carbocycles. The van der Waals surface area contributed by atoms with Crippen LogP contribution in [0.4, 0.5) is 5.69 Å². The van der Waals surface area contributed by atoms with E-state index in [-0.39, 0.29) is 0 Å².